The number of aromatic carboxylic acids is 1. The number of carbonyl (C=O) groups excluding carboxylic acids is 1. The van der Waals surface area contributed by atoms with E-state index in [1.807, 2.05) is 0 Å². The van der Waals surface area contributed by atoms with Gasteiger partial charge in [0.2, 0.25) is 5.91 Å². The van der Waals surface area contributed by atoms with Crippen molar-refractivity contribution in [2.75, 3.05) is 5.32 Å². The van der Waals surface area contributed by atoms with E-state index in [1.165, 1.54) is 19.2 Å². The lowest BCUT2D eigenvalue weighted by Crippen LogP contribution is -2.05. The van der Waals surface area contributed by atoms with Gasteiger partial charge in [-0.25, -0.2) is 9.78 Å². The molecule has 0 radical (unpaired) electrons. The van der Waals surface area contributed by atoms with E-state index in [0.29, 0.717) is 17.2 Å². The quantitative estimate of drug-likeness (QED) is 0.892. The van der Waals surface area contributed by atoms with E-state index in [0.717, 1.165) is 0 Å². The normalized spacial score (nSPS) is 9.85. The van der Waals surface area contributed by atoms with Crippen molar-refractivity contribution in [2.45, 2.75) is 6.92 Å². The molecule has 102 valence electrons. The highest BCUT2D eigenvalue weighted by molar-refractivity contribution is 5.88. The van der Waals surface area contributed by atoms with Crippen molar-refractivity contribution < 1.29 is 19.4 Å². The van der Waals surface area contributed by atoms with E-state index in [2.05, 4.69) is 10.3 Å². The fraction of sp³-hybridized carbons (Fsp3) is 0.0714. The van der Waals surface area contributed by atoms with E-state index in [4.69, 9.17) is 9.84 Å². The Bertz CT molecular complexity index is 638. The molecule has 1 aromatic heterocycles. The lowest BCUT2D eigenvalue weighted by atomic mass is 10.3. The number of nitrogens with zero attached hydrogens (tertiary/aromatic N) is 1. The maximum atomic E-state index is 10.9. The summed E-state index contributed by atoms with van der Waals surface area (Å²) in [6, 6.07) is 9.63. The molecule has 1 aromatic carbocycles. The number of aromatic nitrogens is 1. The van der Waals surface area contributed by atoms with Crippen LogP contribution in [0.2, 0.25) is 0 Å². The number of hydrogen-bond donors (Lipinski definition) is 2. The van der Waals surface area contributed by atoms with Crippen molar-refractivity contribution in [1.82, 2.24) is 4.98 Å². The maximum Gasteiger partial charge on any atom is 0.354 e. The molecular formula is C14H12N2O4. The van der Waals surface area contributed by atoms with Crippen LogP contribution in [-0.4, -0.2) is 22.0 Å². The summed E-state index contributed by atoms with van der Waals surface area (Å²) in [4.78, 5) is 25.4. The summed E-state index contributed by atoms with van der Waals surface area (Å²) < 4.78 is 5.51. The van der Waals surface area contributed by atoms with Gasteiger partial charge in [0.05, 0.1) is 0 Å². The summed E-state index contributed by atoms with van der Waals surface area (Å²) in [5.74, 6) is -0.360. The molecule has 0 aliphatic heterocycles. The molecule has 2 rings (SSSR count). The smallest absolute Gasteiger partial charge is 0.354 e. The number of rotatable bonds is 4. The molecule has 2 aromatic rings. The molecule has 2 N–H and O–H groups in total. The van der Waals surface area contributed by atoms with E-state index in [-0.39, 0.29) is 11.6 Å². The largest absolute Gasteiger partial charge is 0.477 e. The molecule has 0 saturated heterocycles. The van der Waals surface area contributed by atoms with E-state index in [1.54, 1.807) is 30.3 Å². The van der Waals surface area contributed by atoms with Crippen LogP contribution < -0.4 is 10.1 Å². The lowest BCUT2D eigenvalue weighted by Gasteiger charge is -2.07. The Hall–Kier alpha value is -2.89. The van der Waals surface area contributed by atoms with Crippen LogP contribution in [0.25, 0.3) is 0 Å². The molecule has 1 amide bonds. The molecular weight excluding hydrogens is 260 g/mol. The molecule has 1 heterocycles. The van der Waals surface area contributed by atoms with Crippen LogP contribution in [0, 0.1) is 0 Å². The topological polar surface area (TPSA) is 88.5 Å². The average molecular weight is 272 g/mol. The van der Waals surface area contributed by atoms with E-state index >= 15 is 0 Å². The summed E-state index contributed by atoms with van der Waals surface area (Å²) in [5, 5.41) is 11.5. The molecule has 0 aliphatic carbocycles. The zero-order valence-electron chi connectivity index (χ0n) is 10.7. The number of pyridine rings is 1. The molecule has 0 fully saturated rings. The number of anilines is 1. The third kappa shape index (κ3) is 3.55. The highest BCUT2D eigenvalue weighted by Gasteiger charge is 2.06. The molecule has 0 atom stereocenters. The summed E-state index contributed by atoms with van der Waals surface area (Å²) in [6.45, 7) is 1.43. The summed E-state index contributed by atoms with van der Waals surface area (Å²) in [5.41, 5.74) is 0.572. The van der Waals surface area contributed by atoms with Crippen LogP contribution in [0.1, 0.15) is 17.4 Å². The molecule has 0 bridgehead atoms. The monoisotopic (exact) mass is 272 g/mol. The molecule has 0 unspecified atom stereocenters. The van der Waals surface area contributed by atoms with Crippen molar-refractivity contribution in [1.29, 1.82) is 0 Å². The average Bonchev–Trinajstić information content (AvgIpc) is 2.41. The van der Waals surface area contributed by atoms with Gasteiger partial charge in [-0.05, 0) is 30.3 Å². The number of carbonyl (C=O) groups is 2. The molecule has 6 heteroatoms. The van der Waals surface area contributed by atoms with Gasteiger partial charge in [-0.15, -0.1) is 0 Å². The molecule has 0 aliphatic rings. The van der Waals surface area contributed by atoms with Gasteiger partial charge >= 0.3 is 5.97 Å². The van der Waals surface area contributed by atoms with Crippen LogP contribution in [0.4, 0.5) is 5.69 Å². The highest BCUT2D eigenvalue weighted by atomic mass is 16.5. The highest BCUT2D eigenvalue weighted by Crippen LogP contribution is 2.23. The Kier molecular flexibility index (Phi) is 3.95. The predicted octanol–water partition coefficient (Wildman–Crippen LogP) is 2.53. The van der Waals surface area contributed by atoms with Crippen LogP contribution >= 0.6 is 0 Å². The van der Waals surface area contributed by atoms with Gasteiger partial charge in [0, 0.05) is 24.9 Å². The third-order valence-electron chi connectivity index (χ3n) is 2.36. The number of benzene rings is 1. The Morgan fingerprint density at radius 3 is 2.45 bits per heavy atom. The number of carboxylic acids is 1. The van der Waals surface area contributed by atoms with E-state index in [9.17, 15) is 9.59 Å². The first kappa shape index (κ1) is 13.5. The van der Waals surface area contributed by atoms with Gasteiger partial charge < -0.3 is 15.2 Å². The minimum Gasteiger partial charge on any atom is -0.477 e. The first-order valence-corrected chi connectivity index (χ1v) is 5.79. The Morgan fingerprint density at radius 2 is 1.85 bits per heavy atom. The number of amides is 1. The zero-order valence-corrected chi connectivity index (χ0v) is 10.7. The molecule has 0 saturated carbocycles. The van der Waals surface area contributed by atoms with Crippen LogP contribution in [0.15, 0.2) is 42.6 Å². The van der Waals surface area contributed by atoms with Crippen molar-refractivity contribution in [3.05, 3.63) is 48.3 Å². The predicted molar refractivity (Wildman–Crippen MR) is 72.0 cm³/mol. The fourth-order valence-electron chi connectivity index (χ4n) is 1.54. The van der Waals surface area contributed by atoms with Crippen molar-refractivity contribution in [3.63, 3.8) is 0 Å². The standard InChI is InChI=1S/C14H12N2O4/c1-9(17)16-10-2-4-11(5-3-10)20-12-6-7-15-13(8-12)14(18)19/h2-8H,1H3,(H,16,17)(H,18,19). The SMILES string of the molecule is CC(=O)Nc1ccc(Oc2ccnc(C(=O)O)c2)cc1. The van der Waals surface area contributed by atoms with Gasteiger partial charge in [-0.3, -0.25) is 4.79 Å². The minimum absolute atomic E-state index is 0.0858. The Balaban J connectivity index is 2.11. The summed E-state index contributed by atoms with van der Waals surface area (Å²) in [7, 11) is 0. The zero-order chi connectivity index (χ0) is 14.5. The van der Waals surface area contributed by atoms with Crippen molar-refractivity contribution in [3.8, 4) is 11.5 Å². The molecule has 0 spiro atoms. The van der Waals surface area contributed by atoms with Crippen molar-refractivity contribution >= 4 is 17.6 Å². The number of hydrogen-bond acceptors (Lipinski definition) is 4. The second-order valence-electron chi connectivity index (χ2n) is 3.99. The van der Waals surface area contributed by atoms with Gasteiger partial charge in [-0.2, -0.15) is 0 Å². The maximum absolute atomic E-state index is 10.9. The van der Waals surface area contributed by atoms with Gasteiger partial charge in [0.25, 0.3) is 0 Å². The van der Waals surface area contributed by atoms with E-state index < -0.39 is 5.97 Å². The lowest BCUT2D eigenvalue weighted by molar-refractivity contribution is -0.114. The van der Waals surface area contributed by atoms with Crippen LogP contribution in [-0.2, 0) is 4.79 Å². The second-order valence-corrected chi connectivity index (χ2v) is 3.99. The number of nitrogens with one attached hydrogen (secondary N) is 1. The minimum atomic E-state index is -1.11. The first-order valence-electron chi connectivity index (χ1n) is 5.79. The second kappa shape index (κ2) is 5.83. The molecule has 20 heavy (non-hydrogen) atoms. The van der Waals surface area contributed by atoms with Crippen LogP contribution in [0.5, 0.6) is 11.5 Å². The summed E-state index contributed by atoms with van der Waals surface area (Å²) >= 11 is 0. The number of carboxylic acid groups (broad SMARTS) is 1. The molecule has 6 nitrogen and oxygen atoms in total. The summed E-state index contributed by atoms with van der Waals surface area (Å²) in [6.07, 6.45) is 1.37. The first-order chi connectivity index (χ1) is 9.54. The van der Waals surface area contributed by atoms with Crippen molar-refractivity contribution in [2.24, 2.45) is 0 Å². The van der Waals surface area contributed by atoms with Gasteiger partial charge in [-0.1, -0.05) is 0 Å². The van der Waals surface area contributed by atoms with Gasteiger partial charge in [0.1, 0.15) is 11.5 Å². The van der Waals surface area contributed by atoms with Gasteiger partial charge in [0.15, 0.2) is 5.69 Å². The Labute approximate surface area is 115 Å². The fourth-order valence-corrected chi connectivity index (χ4v) is 1.54. The third-order valence-corrected chi connectivity index (χ3v) is 2.36. The van der Waals surface area contributed by atoms with Crippen LogP contribution in [0.3, 0.4) is 0 Å². The number of ether oxygens (including phenoxy) is 1. The Morgan fingerprint density at radius 1 is 1.15 bits per heavy atom.